The molecule has 1 atom stereocenters. The molecule has 0 amide bonds. The van der Waals surface area contributed by atoms with E-state index in [1.165, 1.54) is 5.56 Å². The second-order valence-electron chi connectivity index (χ2n) is 6.67. The fourth-order valence-corrected chi connectivity index (χ4v) is 2.49. The van der Waals surface area contributed by atoms with E-state index < -0.39 is 6.10 Å². The van der Waals surface area contributed by atoms with Crippen LogP contribution in [0.25, 0.3) is 0 Å². The fourth-order valence-electron chi connectivity index (χ4n) is 2.49. The maximum atomic E-state index is 10.6. The van der Waals surface area contributed by atoms with E-state index in [0.29, 0.717) is 13.0 Å². The molecule has 0 spiro atoms. The number of hydrogen-bond donors (Lipinski definition) is 2. The van der Waals surface area contributed by atoms with Gasteiger partial charge < -0.3 is 19.8 Å². The summed E-state index contributed by atoms with van der Waals surface area (Å²) in [5.41, 5.74) is 2.06. The molecule has 22 heavy (non-hydrogen) atoms. The summed E-state index contributed by atoms with van der Waals surface area (Å²) in [6, 6.07) is 6.04. The Morgan fingerprint density at radius 2 is 1.91 bits per heavy atom. The van der Waals surface area contributed by atoms with Crippen LogP contribution in [-0.2, 0) is 5.41 Å². The maximum Gasteiger partial charge on any atom is 0.124 e. The highest BCUT2D eigenvalue weighted by Crippen LogP contribution is 2.32. The molecule has 4 nitrogen and oxygen atoms in total. The normalized spacial score (nSPS) is 13.5. The van der Waals surface area contributed by atoms with Crippen LogP contribution < -0.4 is 4.74 Å². The lowest BCUT2D eigenvalue weighted by molar-refractivity contribution is 0.131. The molecule has 0 fully saturated rings. The second-order valence-corrected chi connectivity index (χ2v) is 6.67. The minimum Gasteiger partial charge on any atom is -0.496 e. The van der Waals surface area contributed by atoms with Crippen LogP contribution in [0.5, 0.6) is 5.75 Å². The summed E-state index contributed by atoms with van der Waals surface area (Å²) in [4.78, 5) is 2.13. The van der Waals surface area contributed by atoms with Crippen molar-refractivity contribution in [1.82, 2.24) is 4.90 Å². The van der Waals surface area contributed by atoms with Gasteiger partial charge in [0, 0.05) is 18.7 Å². The molecule has 0 radical (unpaired) electrons. The molecule has 1 aromatic carbocycles. The highest BCUT2D eigenvalue weighted by molar-refractivity contribution is 5.41. The van der Waals surface area contributed by atoms with Gasteiger partial charge in [0.2, 0.25) is 0 Å². The summed E-state index contributed by atoms with van der Waals surface area (Å²) in [7, 11) is 1.63. The summed E-state index contributed by atoms with van der Waals surface area (Å²) in [5, 5.41) is 19.6. The van der Waals surface area contributed by atoms with Crippen LogP contribution in [0.1, 0.15) is 51.3 Å². The van der Waals surface area contributed by atoms with Gasteiger partial charge in [-0.3, -0.25) is 0 Å². The Balaban J connectivity index is 2.88. The lowest BCUT2D eigenvalue weighted by Gasteiger charge is -2.24. The maximum absolute atomic E-state index is 10.6. The first-order chi connectivity index (χ1) is 10.3. The SMILES string of the molecule is CCN(CCO)CCC(O)c1cc(C(C)(C)C)ccc1OC. The van der Waals surface area contributed by atoms with Gasteiger partial charge in [-0.05, 0) is 36.1 Å². The van der Waals surface area contributed by atoms with Crippen molar-refractivity contribution in [2.45, 2.75) is 45.6 Å². The predicted molar refractivity (Wildman–Crippen MR) is 90.5 cm³/mol. The molecule has 0 bridgehead atoms. The summed E-state index contributed by atoms with van der Waals surface area (Å²) < 4.78 is 5.40. The molecule has 2 N–H and O–H groups in total. The number of benzene rings is 1. The first kappa shape index (κ1) is 18.9. The van der Waals surface area contributed by atoms with Crippen molar-refractivity contribution < 1.29 is 14.9 Å². The first-order valence-electron chi connectivity index (χ1n) is 8.03. The quantitative estimate of drug-likeness (QED) is 0.775. The molecule has 0 saturated heterocycles. The molecule has 0 saturated carbocycles. The minimum absolute atomic E-state index is 0.0348. The Morgan fingerprint density at radius 1 is 1.23 bits per heavy atom. The number of likely N-dealkylation sites (N-methyl/N-ethyl adjacent to an activating group) is 1. The largest absolute Gasteiger partial charge is 0.496 e. The average molecular weight is 309 g/mol. The molecule has 1 unspecified atom stereocenters. The van der Waals surface area contributed by atoms with E-state index in [2.05, 4.69) is 38.7 Å². The van der Waals surface area contributed by atoms with Gasteiger partial charge in [0.05, 0.1) is 19.8 Å². The lowest BCUT2D eigenvalue weighted by Crippen LogP contribution is -2.28. The van der Waals surface area contributed by atoms with Gasteiger partial charge in [0.15, 0.2) is 0 Å². The van der Waals surface area contributed by atoms with Crippen molar-refractivity contribution in [3.8, 4) is 5.75 Å². The average Bonchev–Trinajstić information content (AvgIpc) is 2.49. The van der Waals surface area contributed by atoms with Crippen LogP contribution >= 0.6 is 0 Å². The van der Waals surface area contributed by atoms with Crippen LogP contribution in [0, 0.1) is 0 Å². The number of rotatable bonds is 8. The number of hydrogen-bond acceptors (Lipinski definition) is 4. The van der Waals surface area contributed by atoms with Gasteiger partial charge in [-0.1, -0.05) is 33.8 Å². The van der Waals surface area contributed by atoms with E-state index in [0.717, 1.165) is 24.4 Å². The number of aliphatic hydroxyl groups excluding tert-OH is 2. The number of nitrogens with zero attached hydrogens (tertiary/aromatic N) is 1. The van der Waals surface area contributed by atoms with E-state index in [9.17, 15) is 5.11 Å². The summed E-state index contributed by atoms with van der Waals surface area (Å²) in [6.07, 6.45) is 0.0580. The van der Waals surface area contributed by atoms with Gasteiger partial charge in [-0.25, -0.2) is 0 Å². The molecule has 0 heterocycles. The van der Waals surface area contributed by atoms with E-state index >= 15 is 0 Å². The Morgan fingerprint density at radius 3 is 2.41 bits per heavy atom. The van der Waals surface area contributed by atoms with E-state index in [-0.39, 0.29) is 12.0 Å². The van der Waals surface area contributed by atoms with Crippen LogP contribution in [0.3, 0.4) is 0 Å². The zero-order valence-corrected chi connectivity index (χ0v) is 14.6. The molecule has 0 aliphatic rings. The van der Waals surface area contributed by atoms with Gasteiger partial charge in [-0.15, -0.1) is 0 Å². The summed E-state index contributed by atoms with van der Waals surface area (Å²) in [6.45, 7) is 10.9. The molecular formula is C18H31NO3. The standard InChI is InChI=1S/C18H31NO3/c1-6-19(11-12-20)10-9-16(21)15-13-14(18(2,3)4)7-8-17(15)22-5/h7-8,13,16,20-21H,6,9-12H2,1-5H3. The molecule has 0 aliphatic carbocycles. The zero-order valence-electron chi connectivity index (χ0n) is 14.6. The topological polar surface area (TPSA) is 52.9 Å². The Hall–Kier alpha value is -1.10. The summed E-state index contributed by atoms with van der Waals surface area (Å²) >= 11 is 0. The minimum atomic E-state index is -0.565. The summed E-state index contributed by atoms with van der Waals surface area (Å²) in [5.74, 6) is 0.728. The van der Waals surface area contributed by atoms with Crippen molar-refractivity contribution in [2.75, 3.05) is 33.4 Å². The second kappa shape index (κ2) is 8.51. The van der Waals surface area contributed by atoms with Crippen molar-refractivity contribution in [3.63, 3.8) is 0 Å². The van der Waals surface area contributed by atoms with Gasteiger partial charge in [0.25, 0.3) is 0 Å². The monoisotopic (exact) mass is 309 g/mol. The first-order valence-corrected chi connectivity index (χ1v) is 8.03. The van der Waals surface area contributed by atoms with Crippen LogP contribution in [0.2, 0.25) is 0 Å². The Bertz CT molecular complexity index is 454. The van der Waals surface area contributed by atoms with E-state index in [4.69, 9.17) is 9.84 Å². The molecular weight excluding hydrogens is 278 g/mol. The molecule has 0 aliphatic heterocycles. The molecule has 1 aromatic rings. The smallest absolute Gasteiger partial charge is 0.124 e. The van der Waals surface area contributed by atoms with Crippen LogP contribution in [0.4, 0.5) is 0 Å². The van der Waals surface area contributed by atoms with Crippen molar-refractivity contribution in [1.29, 1.82) is 0 Å². The Labute approximate surface area is 134 Å². The van der Waals surface area contributed by atoms with Crippen molar-refractivity contribution >= 4 is 0 Å². The fraction of sp³-hybridized carbons (Fsp3) is 0.667. The highest BCUT2D eigenvalue weighted by Gasteiger charge is 2.20. The number of aliphatic hydroxyl groups is 2. The third kappa shape index (κ3) is 5.27. The van der Waals surface area contributed by atoms with Gasteiger partial charge in [-0.2, -0.15) is 0 Å². The molecule has 4 heteroatoms. The highest BCUT2D eigenvalue weighted by atomic mass is 16.5. The molecule has 0 aromatic heterocycles. The number of ether oxygens (including phenoxy) is 1. The lowest BCUT2D eigenvalue weighted by atomic mass is 9.85. The van der Waals surface area contributed by atoms with E-state index in [1.807, 2.05) is 12.1 Å². The molecule has 126 valence electrons. The zero-order chi connectivity index (χ0) is 16.8. The number of methoxy groups -OCH3 is 1. The van der Waals surface area contributed by atoms with Gasteiger partial charge >= 0.3 is 0 Å². The third-order valence-electron chi connectivity index (χ3n) is 4.04. The van der Waals surface area contributed by atoms with Crippen molar-refractivity contribution in [3.05, 3.63) is 29.3 Å². The van der Waals surface area contributed by atoms with Crippen LogP contribution in [-0.4, -0.2) is 48.5 Å². The van der Waals surface area contributed by atoms with Crippen LogP contribution in [0.15, 0.2) is 18.2 Å². The predicted octanol–water partition coefficient (Wildman–Crippen LogP) is 2.73. The van der Waals surface area contributed by atoms with Crippen molar-refractivity contribution in [2.24, 2.45) is 0 Å². The Kier molecular flexibility index (Phi) is 7.33. The van der Waals surface area contributed by atoms with E-state index in [1.54, 1.807) is 7.11 Å². The third-order valence-corrected chi connectivity index (χ3v) is 4.04. The van der Waals surface area contributed by atoms with Gasteiger partial charge in [0.1, 0.15) is 5.75 Å². The molecule has 1 rings (SSSR count).